The van der Waals surface area contributed by atoms with Crippen molar-refractivity contribution in [2.24, 2.45) is 4.99 Å². The van der Waals surface area contributed by atoms with Gasteiger partial charge in [-0.25, -0.2) is 0 Å². The lowest BCUT2D eigenvalue weighted by atomic mass is 10.2. The number of nitrogens with zero attached hydrogens (tertiary/aromatic N) is 3. The maximum atomic E-state index is 12.7. The zero-order valence-corrected chi connectivity index (χ0v) is 20.6. The fraction of sp³-hybridized carbons (Fsp3) is 0.333. The number of fused-ring (bicyclic) bond motifs is 2. The third kappa shape index (κ3) is 5.34. The van der Waals surface area contributed by atoms with Crippen molar-refractivity contribution in [1.82, 2.24) is 4.57 Å². The number of amides is 2. The molecule has 1 aliphatic heterocycles. The summed E-state index contributed by atoms with van der Waals surface area (Å²) in [5.41, 5.74) is 2.88. The molecule has 0 N–H and O–H groups in total. The smallest absolute Gasteiger partial charge is 0.326 e. The lowest BCUT2D eigenvalue weighted by Gasteiger charge is -2.16. The molecule has 3 aromatic rings. The van der Waals surface area contributed by atoms with Crippen LogP contribution in [0.5, 0.6) is 5.75 Å². The summed E-state index contributed by atoms with van der Waals surface area (Å²) in [6.07, 6.45) is 0.845. The number of ether oxygens (including phenoxy) is 2. The van der Waals surface area contributed by atoms with Crippen LogP contribution in [0.25, 0.3) is 10.2 Å². The van der Waals surface area contributed by atoms with Crippen LogP contribution in [0.1, 0.15) is 12.5 Å². The van der Waals surface area contributed by atoms with Crippen molar-refractivity contribution in [3.05, 3.63) is 52.8 Å². The number of methoxy groups -OCH3 is 1. The van der Waals surface area contributed by atoms with Gasteiger partial charge in [0.05, 0.1) is 35.4 Å². The van der Waals surface area contributed by atoms with Crippen LogP contribution in [0.4, 0.5) is 5.69 Å². The Hall–Kier alpha value is -3.11. The fourth-order valence-electron chi connectivity index (χ4n) is 3.79. The number of hydrogen-bond acceptors (Lipinski definition) is 7. The third-order valence-corrected chi connectivity index (χ3v) is 7.29. The molecule has 178 valence electrons. The van der Waals surface area contributed by atoms with Crippen molar-refractivity contribution in [2.75, 3.05) is 36.7 Å². The Morgan fingerprint density at radius 2 is 1.97 bits per heavy atom. The number of thiazole rings is 1. The normalized spacial score (nSPS) is 13.2. The van der Waals surface area contributed by atoms with E-state index in [1.807, 2.05) is 36.4 Å². The number of carbonyl (C=O) groups excluding carboxylic acids is 3. The topological polar surface area (TPSA) is 90.2 Å². The molecule has 34 heavy (non-hydrogen) atoms. The Balaban J connectivity index is 1.46. The molecule has 2 aromatic carbocycles. The van der Waals surface area contributed by atoms with Gasteiger partial charge in [-0.2, -0.15) is 4.99 Å². The molecule has 4 rings (SSSR count). The molecule has 0 bridgehead atoms. The average Bonchev–Trinajstić information content (AvgIpc) is 3.40. The maximum absolute atomic E-state index is 12.7. The molecule has 0 aliphatic carbocycles. The number of thioether (sulfide) groups is 1. The Morgan fingerprint density at radius 1 is 1.15 bits per heavy atom. The molecule has 10 heteroatoms. The molecule has 2 amide bonds. The van der Waals surface area contributed by atoms with Gasteiger partial charge in [0, 0.05) is 12.2 Å². The number of benzene rings is 2. The summed E-state index contributed by atoms with van der Waals surface area (Å²) in [4.78, 5) is 43.8. The van der Waals surface area contributed by atoms with Crippen LogP contribution in [0, 0.1) is 0 Å². The molecule has 0 saturated carbocycles. The molecule has 8 nitrogen and oxygen atoms in total. The fourth-order valence-corrected chi connectivity index (χ4v) is 5.54. The first-order chi connectivity index (χ1) is 16.5. The molecule has 2 heterocycles. The predicted octanol–water partition coefficient (Wildman–Crippen LogP) is 3.02. The van der Waals surface area contributed by atoms with Gasteiger partial charge in [-0.05, 0) is 43.2 Å². The van der Waals surface area contributed by atoms with E-state index in [9.17, 15) is 14.4 Å². The number of anilines is 1. The minimum absolute atomic E-state index is 0.0194. The summed E-state index contributed by atoms with van der Waals surface area (Å²) >= 11 is 2.54. The molecule has 1 aliphatic rings. The monoisotopic (exact) mass is 499 g/mol. The largest absolute Gasteiger partial charge is 0.497 e. The summed E-state index contributed by atoms with van der Waals surface area (Å²) in [7, 11) is 1.58. The Kier molecular flexibility index (Phi) is 7.69. The third-order valence-electron chi connectivity index (χ3n) is 5.34. The number of aromatic nitrogens is 1. The minimum atomic E-state index is -0.405. The summed E-state index contributed by atoms with van der Waals surface area (Å²) < 4.78 is 12.9. The molecule has 0 atom stereocenters. The SMILES string of the molecule is CCOC(=O)Cn1c(=NC(=O)CSCC(=O)N2CCc3ccccc32)sc2cc(OC)ccc21. The second-order valence-corrected chi connectivity index (χ2v) is 9.53. The molecular formula is C24H25N3O5S2. The minimum Gasteiger partial charge on any atom is -0.497 e. The van der Waals surface area contributed by atoms with Gasteiger partial charge in [0.15, 0.2) is 4.80 Å². The van der Waals surface area contributed by atoms with Gasteiger partial charge in [-0.15, -0.1) is 11.8 Å². The highest BCUT2D eigenvalue weighted by molar-refractivity contribution is 8.00. The van der Waals surface area contributed by atoms with Gasteiger partial charge >= 0.3 is 5.97 Å². The summed E-state index contributed by atoms with van der Waals surface area (Å²) in [6.45, 7) is 2.63. The number of hydrogen-bond donors (Lipinski definition) is 0. The first kappa shape index (κ1) is 24.0. The number of carbonyl (C=O) groups is 3. The van der Waals surface area contributed by atoms with E-state index in [1.54, 1.807) is 29.6 Å². The Bertz CT molecular complexity index is 1300. The van der Waals surface area contributed by atoms with Gasteiger partial charge in [0.25, 0.3) is 5.91 Å². The molecule has 1 aromatic heterocycles. The van der Waals surface area contributed by atoms with E-state index in [0.29, 0.717) is 17.1 Å². The zero-order chi connectivity index (χ0) is 24.1. The summed E-state index contributed by atoms with van der Waals surface area (Å²) in [6, 6.07) is 13.3. The molecule has 0 fully saturated rings. The van der Waals surface area contributed by atoms with Crippen molar-refractivity contribution < 1.29 is 23.9 Å². The molecular weight excluding hydrogens is 474 g/mol. The van der Waals surface area contributed by atoms with Crippen molar-refractivity contribution in [2.45, 2.75) is 19.9 Å². The maximum Gasteiger partial charge on any atom is 0.326 e. The van der Waals surface area contributed by atoms with Crippen molar-refractivity contribution >= 4 is 56.8 Å². The summed E-state index contributed by atoms with van der Waals surface area (Å²) in [5.74, 6) is 0.148. The van der Waals surface area contributed by atoms with E-state index in [-0.39, 0.29) is 36.5 Å². The van der Waals surface area contributed by atoms with E-state index in [1.165, 1.54) is 28.7 Å². The average molecular weight is 500 g/mol. The zero-order valence-electron chi connectivity index (χ0n) is 19.0. The van der Waals surface area contributed by atoms with Gasteiger partial charge in [0.1, 0.15) is 12.3 Å². The van der Waals surface area contributed by atoms with E-state index < -0.39 is 5.97 Å². The van der Waals surface area contributed by atoms with Crippen LogP contribution in [0.3, 0.4) is 0 Å². The van der Waals surface area contributed by atoms with E-state index in [2.05, 4.69) is 4.99 Å². The Labute approximate surface area is 205 Å². The first-order valence-electron chi connectivity index (χ1n) is 10.9. The van der Waals surface area contributed by atoms with Crippen molar-refractivity contribution in [3.63, 3.8) is 0 Å². The van der Waals surface area contributed by atoms with Gasteiger partial charge in [0.2, 0.25) is 5.91 Å². The van der Waals surface area contributed by atoms with Crippen LogP contribution in [-0.4, -0.2) is 54.1 Å². The van der Waals surface area contributed by atoms with Gasteiger partial charge < -0.3 is 18.9 Å². The van der Waals surface area contributed by atoms with E-state index >= 15 is 0 Å². The quantitative estimate of drug-likeness (QED) is 0.443. The van der Waals surface area contributed by atoms with Crippen LogP contribution in [0.15, 0.2) is 47.5 Å². The highest BCUT2D eigenvalue weighted by atomic mass is 32.2. The molecule has 0 unspecified atom stereocenters. The highest BCUT2D eigenvalue weighted by Gasteiger charge is 2.24. The van der Waals surface area contributed by atoms with E-state index in [4.69, 9.17) is 9.47 Å². The van der Waals surface area contributed by atoms with Crippen LogP contribution in [0.2, 0.25) is 0 Å². The lowest BCUT2D eigenvalue weighted by molar-refractivity contribution is -0.143. The number of para-hydroxylation sites is 1. The predicted molar refractivity (Wildman–Crippen MR) is 133 cm³/mol. The molecule has 0 radical (unpaired) electrons. The molecule has 0 saturated heterocycles. The summed E-state index contributed by atoms with van der Waals surface area (Å²) in [5, 5.41) is 0. The number of esters is 1. The van der Waals surface area contributed by atoms with Gasteiger partial charge in [-0.3, -0.25) is 14.4 Å². The van der Waals surface area contributed by atoms with Crippen LogP contribution < -0.4 is 14.4 Å². The van der Waals surface area contributed by atoms with Crippen LogP contribution in [-0.2, 0) is 32.1 Å². The highest BCUT2D eigenvalue weighted by Crippen LogP contribution is 2.28. The second-order valence-electron chi connectivity index (χ2n) is 7.53. The lowest BCUT2D eigenvalue weighted by Crippen LogP contribution is -2.30. The molecule has 0 spiro atoms. The Morgan fingerprint density at radius 3 is 2.76 bits per heavy atom. The van der Waals surface area contributed by atoms with Gasteiger partial charge in [-0.1, -0.05) is 29.5 Å². The van der Waals surface area contributed by atoms with Crippen molar-refractivity contribution in [3.8, 4) is 5.75 Å². The second kappa shape index (κ2) is 10.9. The van der Waals surface area contributed by atoms with Crippen molar-refractivity contribution in [1.29, 1.82) is 0 Å². The number of rotatable bonds is 8. The standard InChI is InChI=1S/C24H25N3O5S2/c1-3-32-23(30)13-27-19-9-8-17(31-2)12-20(19)34-24(27)25-21(28)14-33-15-22(29)26-11-10-16-6-4-5-7-18(16)26/h4-9,12H,3,10-11,13-15H2,1-2H3. The first-order valence-corrected chi connectivity index (χ1v) is 12.8. The van der Waals surface area contributed by atoms with Crippen LogP contribution >= 0.6 is 23.1 Å². The van der Waals surface area contributed by atoms with E-state index in [0.717, 1.165) is 22.3 Å².